The van der Waals surface area contributed by atoms with E-state index < -0.39 is 22.0 Å². The number of rotatable bonds is 7. The molecule has 0 unspecified atom stereocenters. The van der Waals surface area contributed by atoms with Gasteiger partial charge in [-0.2, -0.15) is 0 Å². The number of benzene rings is 2. The lowest BCUT2D eigenvalue weighted by atomic mass is 10.1. The van der Waals surface area contributed by atoms with E-state index in [4.69, 9.17) is 21.1 Å². The largest absolute Gasteiger partial charge is 0.497 e. The van der Waals surface area contributed by atoms with Crippen molar-refractivity contribution in [2.75, 3.05) is 21.3 Å². The molecule has 0 aliphatic carbocycles. The molecule has 0 aliphatic heterocycles. The molecule has 0 heterocycles. The first kappa shape index (κ1) is 21.0. The van der Waals surface area contributed by atoms with E-state index in [-0.39, 0.29) is 15.5 Å². The Morgan fingerprint density at radius 2 is 1.81 bits per heavy atom. The zero-order valence-electron chi connectivity index (χ0n) is 15.4. The summed E-state index contributed by atoms with van der Waals surface area (Å²) in [7, 11) is 0.573. The SMILES string of the molecule is CNS(=O)(=O)c1cc(C(=O)N[C@@H](C)c2cc(OC)ccc2OC)ccc1Cl. The Balaban J connectivity index is 2.31. The molecular formula is C18H21ClN2O5S. The molecule has 1 amide bonds. The van der Waals surface area contributed by atoms with Crippen LogP contribution in [-0.4, -0.2) is 35.6 Å². The van der Waals surface area contributed by atoms with E-state index in [1.165, 1.54) is 32.4 Å². The van der Waals surface area contributed by atoms with E-state index in [2.05, 4.69) is 10.0 Å². The van der Waals surface area contributed by atoms with Crippen molar-refractivity contribution >= 4 is 27.5 Å². The van der Waals surface area contributed by atoms with E-state index in [1.54, 1.807) is 32.2 Å². The van der Waals surface area contributed by atoms with Crippen molar-refractivity contribution in [2.24, 2.45) is 0 Å². The van der Waals surface area contributed by atoms with Gasteiger partial charge in [0.05, 0.1) is 25.3 Å². The highest BCUT2D eigenvalue weighted by molar-refractivity contribution is 7.89. The Labute approximate surface area is 163 Å². The second kappa shape index (κ2) is 8.60. The molecule has 146 valence electrons. The number of hydrogen-bond donors (Lipinski definition) is 2. The summed E-state index contributed by atoms with van der Waals surface area (Å²) in [5, 5.41) is 2.85. The summed E-state index contributed by atoms with van der Waals surface area (Å²) in [6.45, 7) is 1.79. The molecule has 0 saturated heterocycles. The van der Waals surface area contributed by atoms with Gasteiger partial charge < -0.3 is 14.8 Å². The molecule has 0 aliphatic rings. The van der Waals surface area contributed by atoms with E-state index in [0.717, 1.165) is 5.56 Å². The maximum absolute atomic E-state index is 12.6. The predicted molar refractivity (Wildman–Crippen MR) is 103 cm³/mol. The molecule has 2 N–H and O–H groups in total. The van der Waals surface area contributed by atoms with Crippen LogP contribution < -0.4 is 19.5 Å². The molecule has 9 heteroatoms. The van der Waals surface area contributed by atoms with Crippen molar-refractivity contribution in [3.63, 3.8) is 0 Å². The van der Waals surface area contributed by atoms with Gasteiger partial charge in [0.25, 0.3) is 5.91 Å². The summed E-state index contributed by atoms with van der Waals surface area (Å²) in [4.78, 5) is 12.5. The normalized spacial score (nSPS) is 12.3. The minimum atomic E-state index is -3.78. The second-order valence-electron chi connectivity index (χ2n) is 5.66. The first-order chi connectivity index (χ1) is 12.7. The van der Waals surface area contributed by atoms with Crippen molar-refractivity contribution in [1.29, 1.82) is 0 Å². The number of halogens is 1. The molecule has 7 nitrogen and oxygen atoms in total. The summed E-state index contributed by atoms with van der Waals surface area (Å²) >= 11 is 5.96. The third-order valence-corrected chi connectivity index (χ3v) is 5.90. The quantitative estimate of drug-likeness (QED) is 0.729. The van der Waals surface area contributed by atoms with Crippen LogP contribution >= 0.6 is 11.6 Å². The lowest BCUT2D eigenvalue weighted by molar-refractivity contribution is 0.0939. The van der Waals surface area contributed by atoms with E-state index in [0.29, 0.717) is 11.5 Å². The summed E-state index contributed by atoms with van der Waals surface area (Å²) in [6, 6.07) is 8.92. The average molecular weight is 413 g/mol. The van der Waals surface area contributed by atoms with Crippen molar-refractivity contribution in [2.45, 2.75) is 17.9 Å². The minimum Gasteiger partial charge on any atom is -0.497 e. The van der Waals surface area contributed by atoms with Crippen LogP contribution in [0.5, 0.6) is 11.5 Å². The molecule has 0 radical (unpaired) electrons. The molecule has 0 aromatic heterocycles. The highest BCUT2D eigenvalue weighted by atomic mass is 35.5. The summed E-state index contributed by atoms with van der Waals surface area (Å²) < 4.78 is 36.8. The Bertz CT molecular complexity index is 947. The molecule has 2 aromatic carbocycles. The maximum atomic E-state index is 12.6. The van der Waals surface area contributed by atoms with E-state index in [9.17, 15) is 13.2 Å². The molecule has 0 saturated carbocycles. The number of nitrogens with one attached hydrogen (secondary N) is 2. The van der Waals surface area contributed by atoms with E-state index in [1.807, 2.05) is 0 Å². The zero-order valence-corrected chi connectivity index (χ0v) is 16.9. The first-order valence-electron chi connectivity index (χ1n) is 7.99. The van der Waals surface area contributed by atoms with Crippen LogP contribution in [0.3, 0.4) is 0 Å². The molecule has 1 atom stereocenters. The summed E-state index contributed by atoms with van der Waals surface area (Å²) in [6.07, 6.45) is 0. The second-order valence-corrected chi connectivity index (χ2v) is 7.92. The fourth-order valence-electron chi connectivity index (χ4n) is 2.50. The summed E-state index contributed by atoms with van der Waals surface area (Å²) in [5.74, 6) is 0.774. The number of ether oxygens (including phenoxy) is 2. The Morgan fingerprint density at radius 1 is 1.11 bits per heavy atom. The zero-order chi connectivity index (χ0) is 20.2. The van der Waals surface area contributed by atoms with Crippen LogP contribution in [0.25, 0.3) is 0 Å². The highest BCUT2D eigenvalue weighted by Crippen LogP contribution is 2.29. The smallest absolute Gasteiger partial charge is 0.251 e. The van der Waals surface area contributed by atoms with Gasteiger partial charge in [-0.1, -0.05) is 11.6 Å². The summed E-state index contributed by atoms with van der Waals surface area (Å²) in [5.41, 5.74) is 0.893. The highest BCUT2D eigenvalue weighted by Gasteiger charge is 2.20. The van der Waals surface area contributed by atoms with Gasteiger partial charge in [-0.15, -0.1) is 0 Å². The number of carbonyl (C=O) groups excluding carboxylic acids is 1. The van der Waals surface area contributed by atoms with Crippen LogP contribution in [0.1, 0.15) is 28.9 Å². The molecule has 0 bridgehead atoms. The number of carbonyl (C=O) groups is 1. The number of methoxy groups -OCH3 is 2. The Morgan fingerprint density at radius 3 is 2.41 bits per heavy atom. The molecule has 2 aromatic rings. The van der Waals surface area contributed by atoms with Gasteiger partial charge in [0, 0.05) is 11.1 Å². The van der Waals surface area contributed by atoms with Gasteiger partial charge in [-0.05, 0) is 50.4 Å². The fourth-order valence-corrected chi connectivity index (χ4v) is 3.75. The number of sulfonamides is 1. The van der Waals surface area contributed by atoms with Gasteiger partial charge in [0.15, 0.2) is 0 Å². The predicted octanol–water partition coefficient (Wildman–Crippen LogP) is 2.76. The molecule has 0 spiro atoms. The Kier molecular flexibility index (Phi) is 6.69. The molecular weight excluding hydrogens is 392 g/mol. The van der Waals surface area contributed by atoms with E-state index >= 15 is 0 Å². The number of hydrogen-bond acceptors (Lipinski definition) is 5. The minimum absolute atomic E-state index is 0.0309. The van der Waals surface area contributed by atoms with Crippen molar-refractivity contribution in [3.8, 4) is 11.5 Å². The topological polar surface area (TPSA) is 93.7 Å². The van der Waals surface area contributed by atoms with Crippen LogP contribution in [-0.2, 0) is 10.0 Å². The van der Waals surface area contributed by atoms with Crippen LogP contribution in [0.2, 0.25) is 5.02 Å². The lowest BCUT2D eigenvalue weighted by Crippen LogP contribution is -2.27. The average Bonchev–Trinajstić information content (AvgIpc) is 2.67. The molecule has 0 fully saturated rings. The monoisotopic (exact) mass is 412 g/mol. The van der Waals surface area contributed by atoms with Crippen molar-refractivity contribution in [3.05, 3.63) is 52.5 Å². The van der Waals surface area contributed by atoms with Gasteiger partial charge in [-0.3, -0.25) is 4.79 Å². The van der Waals surface area contributed by atoms with Crippen molar-refractivity contribution < 1.29 is 22.7 Å². The third-order valence-electron chi connectivity index (χ3n) is 4.00. The van der Waals surface area contributed by atoms with Crippen molar-refractivity contribution in [1.82, 2.24) is 10.0 Å². The van der Waals surface area contributed by atoms with Gasteiger partial charge >= 0.3 is 0 Å². The van der Waals surface area contributed by atoms with Gasteiger partial charge in [-0.25, -0.2) is 13.1 Å². The fraction of sp³-hybridized carbons (Fsp3) is 0.278. The Hall–Kier alpha value is -2.29. The third kappa shape index (κ3) is 4.71. The standard InChI is InChI=1S/C18H21ClN2O5S/c1-11(14-10-13(25-3)6-8-16(14)26-4)21-18(22)12-5-7-15(19)17(9-12)27(23,24)20-2/h5-11,20H,1-4H3,(H,21,22)/t11-/m0/s1. The maximum Gasteiger partial charge on any atom is 0.251 e. The van der Waals surface area contributed by atoms with Crippen LogP contribution in [0.4, 0.5) is 0 Å². The van der Waals surface area contributed by atoms with Crippen LogP contribution in [0, 0.1) is 0 Å². The lowest BCUT2D eigenvalue weighted by Gasteiger charge is -2.18. The molecule has 2 rings (SSSR count). The number of amides is 1. The molecule has 27 heavy (non-hydrogen) atoms. The first-order valence-corrected chi connectivity index (χ1v) is 9.85. The van der Waals surface area contributed by atoms with Crippen LogP contribution in [0.15, 0.2) is 41.3 Å². The van der Waals surface area contributed by atoms with Gasteiger partial charge in [0.2, 0.25) is 10.0 Å². The van der Waals surface area contributed by atoms with Gasteiger partial charge in [0.1, 0.15) is 16.4 Å².